The number of aliphatic carboxylic acids is 1. The molecular weight excluding hydrogens is 256 g/mol. The maximum Gasteiger partial charge on any atom is 0.326 e. The zero-order valence-electron chi connectivity index (χ0n) is 12.8. The quantitative estimate of drug-likeness (QED) is 0.679. The highest BCUT2D eigenvalue weighted by atomic mass is 16.4. The Kier molecular flexibility index (Phi) is 6.82. The Hall–Kier alpha value is -1.26. The average Bonchev–Trinajstić information content (AvgIpc) is 2.53. The molecule has 3 N–H and O–H groups in total. The van der Waals surface area contributed by atoms with Crippen LogP contribution in [0.15, 0.2) is 0 Å². The molecule has 0 aromatic carbocycles. The number of hydrogen-bond acceptors (Lipinski definition) is 2. The van der Waals surface area contributed by atoms with E-state index in [1.807, 2.05) is 13.8 Å². The zero-order valence-corrected chi connectivity index (χ0v) is 12.8. The van der Waals surface area contributed by atoms with Crippen LogP contribution in [0.5, 0.6) is 0 Å². The normalized spacial score (nSPS) is 24.8. The van der Waals surface area contributed by atoms with Gasteiger partial charge in [-0.1, -0.05) is 40.0 Å². The van der Waals surface area contributed by atoms with Crippen LogP contribution < -0.4 is 10.6 Å². The summed E-state index contributed by atoms with van der Waals surface area (Å²) >= 11 is 0. The Morgan fingerprint density at radius 3 is 2.45 bits per heavy atom. The van der Waals surface area contributed by atoms with Crippen molar-refractivity contribution in [3.63, 3.8) is 0 Å². The maximum atomic E-state index is 12.0. The van der Waals surface area contributed by atoms with Gasteiger partial charge in [0.05, 0.1) is 0 Å². The first kappa shape index (κ1) is 16.8. The minimum Gasteiger partial charge on any atom is -0.480 e. The van der Waals surface area contributed by atoms with E-state index < -0.39 is 12.0 Å². The first-order valence-corrected chi connectivity index (χ1v) is 7.70. The first-order chi connectivity index (χ1) is 9.40. The van der Waals surface area contributed by atoms with E-state index in [2.05, 4.69) is 17.6 Å². The van der Waals surface area contributed by atoms with Crippen molar-refractivity contribution in [3.8, 4) is 0 Å². The third-order valence-electron chi connectivity index (χ3n) is 3.99. The second kappa shape index (κ2) is 8.12. The Morgan fingerprint density at radius 2 is 1.85 bits per heavy atom. The van der Waals surface area contributed by atoms with Gasteiger partial charge in [-0.25, -0.2) is 9.59 Å². The number of carboxylic acids is 1. The number of nitrogens with one attached hydrogen (secondary N) is 2. The van der Waals surface area contributed by atoms with Gasteiger partial charge in [-0.05, 0) is 31.1 Å². The van der Waals surface area contributed by atoms with Crippen molar-refractivity contribution in [1.29, 1.82) is 0 Å². The van der Waals surface area contributed by atoms with Gasteiger partial charge in [0.1, 0.15) is 6.04 Å². The van der Waals surface area contributed by atoms with Gasteiger partial charge in [0.2, 0.25) is 0 Å². The van der Waals surface area contributed by atoms with Gasteiger partial charge in [-0.3, -0.25) is 0 Å². The molecule has 0 aromatic heterocycles. The maximum absolute atomic E-state index is 12.0. The standard InChI is InChI=1S/C15H28N2O3/c1-10(2)9-13(14(18)19)17-15(20)16-12-8-6-4-5-7-11(12)3/h10-13H,4-9H2,1-3H3,(H,18,19)(H2,16,17,20)/t11?,12?,13-/m1/s1. The van der Waals surface area contributed by atoms with E-state index in [4.69, 9.17) is 5.11 Å². The van der Waals surface area contributed by atoms with Crippen LogP contribution in [-0.2, 0) is 4.79 Å². The molecule has 2 amide bonds. The van der Waals surface area contributed by atoms with Gasteiger partial charge in [0.25, 0.3) is 0 Å². The summed E-state index contributed by atoms with van der Waals surface area (Å²) in [7, 11) is 0. The Morgan fingerprint density at radius 1 is 1.20 bits per heavy atom. The van der Waals surface area contributed by atoms with E-state index in [-0.39, 0.29) is 18.0 Å². The van der Waals surface area contributed by atoms with Crippen molar-refractivity contribution in [2.75, 3.05) is 0 Å². The second-order valence-corrected chi connectivity index (χ2v) is 6.36. The molecule has 116 valence electrons. The second-order valence-electron chi connectivity index (χ2n) is 6.36. The van der Waals surface area contributed by atoms with Gasteiger partial charge in [0.15, 0.2) is 0 Å². The molecular formula is C15H28N2O3. The predicted octanol–water partition coefficient (Wildman–Crippen LogP) is 2.75. The largest absolute Gasteiger partial charge is 0.480 e. The summed E-state index contributed by atoms with van der Waals surface area (Å²) in [6.45, 7) is 6.05. The topological polar surface area (TPSA) is 78.4 Å². The Balaban J connectivity index is 2.49. The van der Waals surface area contributed by atoms with Crippen molar-refractivity contribution in [2.45, 2.75) is 71.4 Å². The van der Waals surface area contributed by atoms with Crippen LogP contribution in [0, 0.1) is 11.8 Å². The van der Waals surface area contributed by atoms with E-state index in [1.165, 1.54) is 12.8 Å². The van der Waals surface area contributed by atoms with Gasteiger partial charge >= 0.3 is 12.0 Å². The van der Waals surface area contributed by atoms with Crippen LogP contribution >= 0.6 is 0 Å². The fraction of sp³-hybridized carbons (Fsp3) is 0.867. The molecule has 1 rings (SSSR count). The van der Waals surface area contributed by atoms with Crippen molar-refractivity contribution >= 4 is 12.0 Å². The Bertz CT molecular complexity index is 331. The summed E-state index contributed by atoms with van der Waals surface area (Å²) < 4.78 is 0. The lowest BCUT2D eigenvalue weighted by Gasteiger charge is -2.24. The molecule has 1 fully saturated rings. The average molecular weight is 284 g/mol. The molecule has 5 heteroatoms. The van der Waals surface area contributed by atoms with E-state index in [0.29, 0.717) is 12.3 Å². The molecule has 0 spiro atoms. The molecule has 0 bridgehead atoms. The van der Waals surface area contributed by atoms with Crippen molar-refractivity contribution in [2.24, 2.45) is 11.8 Å². The molecule has 1 aliphatic rings. The van der Waals surface area contributed by atoms with Crippen LogP contribution in [0.4, 0.5) is 4.79 Å². The van der Waals surface area contributed by atoms with Gasteiger partial charge in [-0.15, -0.1) is 0 Å². The summed E-state index contributed by atoms with van der Waals surface area (Å²) in [5.41, 5.74) is 0. The molecule has 1 saturated carbocycles. The number of carboxylic acid groups (broad SMARTS) is 1. The summed E-state index contributed by atoms with van der Waals surface area (Å²) in [5, 5.41) is 14.7. The molecule has 0 aromatic rings. The number of rotatable bonds is 5. The van der Waals surface area contributed by atoms with E-state index in [1.54, 1.807) is 0 Å². The van der Waals surface area contributed by atoms with Crippen molar-refractivity contribution < 1.29 is 14.7 Å². The molecule has 0 saturated heterocycles. The van der Waals surface area contributed by atoms with Crippen LogP contribution in [-0.4, -0.2) is 29.2 Å². The lowest BCUT2D eigenvalue weighted by atomic mass is 9.97. The first-order valence-electron chi connectivity index (χ1n) is 7.70. The van der Waals surface area contributed by atoms with Crippen molar-refractivity contribution in [1.82, 2.24) is 10.6 Å². The summed E-state index contributed by atoms with van der Waals surface area (Å²) in [6, 6.07) is -1.00. The number of carbonyl (C=O) groups excluding carboxylic acids is 1. The number of hydrogen-bond donors (Lipinski definition) is 3. The fourth-order valence-corrected chi connectivity index (χ4v) is 2.77. The van der Waals surface area contributed by atoms with E-state index >= 15 is 0 Å². The minimum absolute atomic E-state index is 0.158. The van der Waals surface area contributed by atoms with Gasteiger partial charge < -0.3 is 15.7 Å². The number of amides is 2. The highest BCUT2D eigenvalue weighted by molar-refractivity contribution is 5.82. The summed E-state index contributed by atoms with van der Waals surface area (Å²) in [6.07, 6.45) is 6.11. The van der Waals surface area contributed by atoms with Gasteiger partial charge in [0, 0.05) is 6.04 Å². The third kappa shape index (κ3) is 5.80. The van der Waals surface area contributed by atoms with Crippen LogP contribution in [0.1, 0.15) is 59.3 Å². The molecule has 3 atom stereocenters. The molecule has 20 heavy (non-hydrogen) atoms. The number of carbonyl (C=O) groups is 2. The highest BCUT2D eigenvalue weighted by Gasteiger charge is 2.25. The van der Waals surface area contributed by atoms with E-state index in [9.17, 15) is 9.59 Å². The van der Waals surface area contributed by atoms with Crippen LogP contribution in [0.25, 0.3) is 0 Å². The SMILES string of the molecule is CC(C)C[C@@H](NC(=O)NC1CCCCCC1C)C(=O)O. The zero-order chi connectivity index (χ0) is 15.1. The summed E-state index contributed by atoms with van der Waals surface area (Å²) in [5.74, 6) is -0.285. The Labute approximate surface area is 121 Å². The van der Waals surface area contributed by atoms with E-state index in [0.717, 1.165) is 19.3 Å². The predicted molar refractivity (Wildman–Crippen MR) is 78.6 cm³/mol. The number of urea groups is 1. The van der Waals surface area contributed by atoms with Crippen LogP contribution in [0.3, 0.4) is 0 Å². The van der Waals surface area contributed by atoms with Crippen LogP contribution in [0.2, 0.25) is 0 Å². The lowest BCUT2D eigenvalue weighted by molar-refractivity contribution is -0.139. The highest BCUT2D eigenvalue weighted by Crippen LogP contribution is 2.22. The summed E-state index contributed by atoms with van der Waals surface area (Å²) in [4.78, 5) is 23.1. The molecule has 5 nitrogen and oxygen atoms in total. The molecule has 0 radical (unpaired) electrons. The minimum atomic E-state index is -0.970. The smallest absolute Gasteiger partial charge is 0.326 e. The lowest BCUT2D eigenvalue weighted by Crippen LogP contribution is -2.50. The van der Waals surface area contributed by atoms with Gasteiger partial charge in [-0.2, -0.15) is 0 Å². The molecule has 0 aliphatic heterocycles. The fourth-order valence-electron chi connectivity index (χ4n) is 2.77. The molecule has 1 aliphatic carbocycles. The third-order valence-corrected chi connectivity index (χ3v) is 3.99. The molecule has 2 unspecified atom stereocenters. The van der Waals surface area contributed by atoms with Crippen molar-refractivity contribution in [3.05, 3.63) is 0 Å². The monoisotopic (exact) mass is 284 g/mol. The molecule has 0 heterocycles.